The number of carbonyl (C=O) groups is 1. The van der Waals surface area contributed by atoms with Crippen LogP contribution in [0.15, 0.2) is 22.7 Å². The number of benzene rings is 1. The fraction of sp³-hybridized carbons (Fsp3) is 0.200. The van der Waals surface area contributed by atoms with Crippen molar-refractivity contribution in [2.24, 2.45) is 0 Å². The minimum Gasteiger partial charge on any atom is -0.469 e. The van der Waals surface area contributed by atoms with Crippen molar-refractivity contribution in [1.29, 1.82) is 5.26 Å². The van der Waals surface area contributed by atoms with Crippen LogP contribution in [0.3, 0.4) is 0 Å². The van der Waals surface area contributed by atoms with Crippen LogP contribution in [0.1, 0.15) is 11.1 Å². The molecule has 72 valence electrons. The highest BCUT2D eigenvalue weighted by Crippen LogP contribution is 2.16. The smallest absolute Gasteiger partial charge is 0.310 e. The summed E-state index contributed by atoms with van der Waals surface area (Å²) in [6, 6.07) is 7.23. The number of rotatable bonds is 2. The molecule has 1 aromatic carbocycles. The van der Waals surface area contributed by atoms with E-state index in [2.05, 4.69) is 20.7 Å². The molecule has 0 radical (unpaired) electrons. The third kappa shape index (κ3) is 2.57. The zero-order valence-corrected chi connectivity index (χ0v) is 9.17. The molecule has 1 rings (SSSR count). The maximum atomic E-state index is 11.0. The SMILES string of the molecule is COC(=O)Cc1ccc(Br)cc1C#N. The lowest BCUT2D eigenvalue weighted by atomic mass is 10.1. The monoisotopic (exact) mass is 253 g/mol. The van der Waals surface area contributed by atoms with Crippen LogP contribution in [0.5, 0.6) is 0 Å². The molecule has 3 nitrogen and oxygen atoms in total. The van der Waals surface area contributed by atoms with E-state index in [1.807, 2.05) is 6.07 Å². The highest BCUT2D eigenvalue weighted by molar-refractivity contribution is 9.10. The second-order valence-electron chi connectivity index (χ2n) is 2.67. The van der Waals surface area contributed by atoms with Gasteiger partial charge in [0, 0.05) is 4.47 Å². The number of carbonyl (C=O) groups excluding carboxylic acids is 1. The Morgan fingerprint density at radius 3 is 2.93 bits per heavy atom. The van der Waals surface area contributed by atoms with Crippen molar-refractivity contribution in [1.82, 2.24) is 0 Å². The van der Waals surface area contributed by atoms with Crippen molar-refractivity contribution in [3.8, 4) is 6.07 Å². The molecule has 0 fully saturated rings. The van der Waals surface area contributed by atoms with E-state index in [0.29, 0.717) is 11.1 Å². The molecular weight excluding hydrogens is 246 g/mol. The van der Waals surface area contributed by atoms with Gasteiger partial charge in [0.05, 0.1) is 25.2 Å². The highest BCUT2D eigenvalue weighted by atomic mass is 79.9. The molecule has 0 aliphatic carbocycles. The first-order valence-corrected chi connectivity index (χ1v) is 4.72. The van der Waals surface area contributed by atoms with Gasteiger partial charge in [0.25, 0.3) is 0 Å². The van der Waals surface area contributed by atoms with Crippen molar-refractivity contribution in [3.05, 3.63) is 33.8 Å². The summed E-state index contributed by atoms with van der Waals surface area (Å²) in [6.07, 6.45) is 0.132. The maximum Gasteiger partial charge on any atom is 0.310 e. The van der Waals surface area contributed by atoms with E-state index >= 15 is 0 Å². The Labute approximate surface area is 90.4 Å². The predicted molar refractivity (Wildman–Crippen MR) is 54.6 cm³/mol. The summed E-state index contributed by atoms with van der Waals surface area (Å²) < 4.78 is 5.35. The number of nitrogens with zero attached hydrogens (tertiary/aromatic N) is 1. The second kappa shape index (κ2) is 4.77. The number of esters is 1. The largest absolute Gasteiger partial charge is 0.469 e. The van der Waals surface area contributed by atoms with E-state index in [4.69, 9.17) is 5.26 Å². The quantitative estimate of drug-likeness (QED) is 0.759. The lowest BCUT2D eigenvalue weighted by Crippen LogP contribution is -2.05. The molecule has 0 heterocycles. The molecule has 14 heavy (non-hydrogen) atoms. The third-order valence-electron chi connectivity index (χ3n) is 1.75. The van der Waals surface area contributed by atoms with Gasteiger partial charge in [-0.05, 0) is 17.7 Å². The van der Waals surface area contributed by atoms with Gasteiger partial charge in [0.2, 0.25) is 0 Å². The molecule has 0 atom stereocenters. The molecule has 0 bridgehead atoms. The fourth-order valence-electron chi connectivity index (χ4n) is 1.03. The van der Waals surface area contributed by atoms with Crippen LogP contribution in [0, 0.1) is 11.3 Å². The summed E-state index contributed by atoms with van der Waals surface area (Å²) in [5.74, 6) is -0.344. The first-order chi connectivity index (χ1) is 6.67. The molecule has 1 aromatic rings. The van der Waals surface area contributed by atoms with E-state index in [0.717, 1.165) is 4.47 Å². The summed E-state index contributed by atoms with van der Waals surface area (Å²) in [5, 5.41) is 8.81. The molecular formula is C10H8BrNO2. The number of nitriles is 1. The van der Waals surface area contributed by atoms with Crippen LogP contribution in [0.2, 0.25) is 0 Å². The van der Waals surface area contributed by atoms with Gasteiger partial charge in [-0.15, -0.1) is 0 Å². The van der Waals surface area contributed by atoms with Crippen LogP contribution in [0.25, 0.3) is 0 Å². The van der Waals surface area contributed by atoms with Gasteiger partial charge in [-0.3, -0.25) is 4.79 Å². The van der Waals surface area contributed by atoms with Crippen molar-refractivity contribution < 1.29 is 9.53 Å². The van der Waals surface area contributed by atoms with Crippen molar-refractivity contribution >= 4 is 21.9 Å². The average Bonchev–Trinajstić information content (AvgIpc) is 2.20. The van der Waals surface area contributed by atoms with Crippen LogP contribution < -0.4 is 0 Å². The number of halogens is 1. The van der Waals surface area contributed by atoms with Crippen molar-refractivity contribution in [3.63, 3.8) is 0 Å². The Morgan fingerprint density at radius 1 is 1.64 bits per heavy atom. The van der Waals surface area contributed by atoms with Crippen molar-refractivity contribution in [2.45, 2.75) is 6.42 Å². The molecule has 0 spiro atoms. The Hall–Kier alpha value is -1.34. The summed E-state index contributed by atoms with van der Waals surface area (Å²) in [5.41, 5.74) is 1.17. The normalized spacial score (nSPS) is 9.21. The molecule has 0 saturated heterocycles. The minimum absolute atomic E-state index is 0.132. The van der Waals surface area contributed by atoms with Crippen LogP contribution >= 0.6 is 15.9 Å². The van der Waals surface area contributed by atoms with Gasteiger partial charge in [0.1, 0.15) is 0 Å². The van der Waals surface area contributed by atoms with Crippen molar-refractivity contribution in [2.75, 3.05) is 7.11 Å². The van der Waals surface area contributed by atoms with Gasteiger partial charge in [-0.2, -0.15) is 5.26 Å². The van der Waals surface area contributed by atoms with Crippen LogP contribution in [-0.4, -0.2) is 13.1 Å². The van der Waals surface area contributed by atoms with E-state index in [1.54, 1.807) is 18.2 Å². The average molecular weight is 254 g/mol. The Morgan fingerprint density at radius 2 is 2.36 bits per heavy atom. The lowest BCUT2D eigenvalue weighted by molar-refractivity contribution is -0.139. The number of methoxy groups -OCH3 is 1. The molecule has 0 aromatic heterocycles. The van der Waals surface area contributed by atoms with E-state index in [-0.39, 0.29) is 12.4 Å². The number of hydrogen-bond donors (Lipinski definition) is 0. The second-order valence-corrected chi connectivity index (χ2v) is 3.58. The number of ether oxygens (including phenoxy) is 1. The lowest BCUT2D eigenvalue weighted by Gasteiger charge is -2.02. The molecule has 0 amide bonds. The van der Waals surface area contributed by atoms with Crippen LogP contribution in [-0.2, 0) is 16.0 Å². The number of hydrogen-bond acceptors (Lipinski definition) is 3. The van der Waals surface area contributed by atoms with E-state index < -0.39 is 0 Å². The summed E-state index contributed by atoms with van der Waals surface area (Å²) >= 11 is 3.25. The van der Waals surface area contributed by atoms with Gasteiger partial charge in [0.15, 0.2) is 0 Å². The molecule has 0 N–H and O–H groups in total. The highest BCUT2D eigenvalue weighted by Gasteiger charge is 2.07. The maximum absolute atomic E-state index is 11.0. The van der Waals surface area contributed by atoms with Crippen LogP contribution in [0.4, 0.5) is 0 Å². The summed E-state index contributed by atoms with van der Waals surface area (Å²) in [4.78, 5) is 11.0. The molecule has 0 aliphatic rings. The first kappa shape index (κ1) is 10.7. The Balaban J connectivity index is 2.98. The Kier molecular flexibility index (Phi) is 3.66. The molecule has 4 heteroatoms. The topological polar surface area (TPSA) is 50.1 Å². The summed E-state index contributed by atoms with van der Waals surface area (Å²) in [6.45, 7) is 0. The van der Waals surface area contributed by atoms with Gasteiger partial charge >= 0.3 is 5.97 Å². The molecule has 0 saturated carbocycles. The van der Waals surface area contributed by atoms with Gasteiger partial charge in [-0.25, -0.2) is 0 Å². The third-order valence-corrected chi connectivity index (χ3v) is 2.25. The van der Waals surface area contributed by atoms with Gasteiger partial charge in [-0.1, -0.05) is 22.0 Å². The van der Waals surface area contributed by atoms with Gasteiger partial charge < -0.3 is 4.74 Å². The zero-order chi connectivity index (χ0) is 10.6. The fourth-order valence-corrected chi connectivity index (χ4v) is 1.40. The van der Waals surface area contributed by atoms with E-state index in [9.17, 15) is 4.79 Å². The van der Waals surface area contributed by atoms with E-state index in [1.165, 1.54) is 7.11 Å². The first-order valence-electron chi connectivity index (χ1n) is 3.92. The zero-order valence-electron chi connectivity index (χ0n) is 7.58. The molecule has 0 aliphatic heterocycles. The summed E-state index contributed by atoms with van der Waals surface area (Å²) in [7, 11) is 1.33. The molecule has 0 unspecified atom stereocenters. The minimum atomic E-state index is -0.344. The standard InChI is InChI=1S/C10H8BrNO2/c1-14-10(13)5-7-2-3-9(11)4-8(7)6-12/h2-4H,5H2,1H3. The predicted octanol–water partition coefficient (Wildman–Crippen LogP) is 2.04. The Bertz CT molecular complexity index is 396.